The van der Waals surface area contributed by atoms with E-state index in [-0.39, 0.29) is 11.8 Å². The number of likely N-dealkylation sites (tertiary alicyclic amines) is 1. The Bertz CT molecular complexity index is 560. The monoisotopic (exact) mass is 319 g/mol. The fourth-order valence-electron chi connectivity index (χ4n) is 3.71. The second kappa shape index (κ2) is 6.35. The summed E-state index contributed by atoms with van der Waals surface area (Å²) in [5, 5.41) is 3.01. The topological polar surface area (TPSA) is 65.8 Å². The maximum Gasteiger partial charge on any atom is 0.289 e. The molecule has 3 rings (SSSR count). The largest absolute Gasteiger partial charge is 0.459 e. The molecule has 0 atom stereocenters. The molecule has 1 spiro atoms. The van der Waals surface area contributed by atoms with Crippen molar-refractivity contribution in [1.29, 1.82) is 0 Å². The first kappa shape index (κ1) is 16.1. The minimum Gasteiger partial charge on any atom is -0.459 e. The van der Waals surface area contributed by atoms with Gasteiger partial charge in [0.15, 0.2) is 5.76 Å². The highest BCUT2D eigenvalue weighted by atomic mass is 16.3. The molecule has 0 aromatic carbocycles. The van der Waals surface area contributed by atoms with E-state index in [1.165, 1.54) is 6.26 Å². The van der Waals surface area contributed by atoms with Gasteiger partial charge in [0.1, 0.15) is 5.54 Å². The van der Waals surface area contributed by atoms with E-state index in [0.717, 1.165) is 13.1 Å². The van der Waals surface area contributed by atoms with Crippen LogP contribution in [0.4, 0.5) is 0 Å². The molecule has 3 heterocycles. The third kappa shape index (κ3) is 3.00. The SMILES string of the molecule is CC(C)CN1CCNC(=O)C12CCN(C(=O)c1ccco1)CC2. The summed E-state index contributed by atoms with van der Waals surface area (Å²) >= 11 is 0. The van der Waals surface area contributed by atoms with Crippen LogP contribution in [0.2, 0.25) is 0 Å². The average molecular weight is 319 g/mol. The highest BCUT2D eigenvalue weighted by molar-refractivity contribution is 5.92. The zero-order valence-corrected chi connectivity index (χ0v) is 13.9. The molecule has 2 fully saturated rings. The van der Waals surface area contributed by atoms with E-state index in [1.54, 1.807) is 17.0 Å². The molecule has 0 radical (unpaired) electrons. The molecule has 2 aliphatic heterocycles. The number of carbonyl (C=O) groups excluding carboxylic acids is 2. The maximum absolute atomic E-state index is 12.6. The van der Waals surface area contributed by atoms with Gasteiger partial charge in [-0.25, -0.2) is 0 Å². The molecular formula is C17H25N3O3. The highest BCUT2D eigenvalue weighted by Crippen LogP contribution is 2.32. The van der Waals surface area contributed by atoms with E-state index < -0.39 is 5.54 Å². The summed E-state index contributed by atoms with van der Waals surface area (Å²) in [6.45, 7) is 8.03. The van der Waals surface area contributed by atoms with E-state index in [0.29, 0.717) is 44.2 Å². The zero-order chi connectivity index (χ0) is 16.4. The quantitative estimate of drug-likeness (QED) is 0.913. The number of furan rings is 1. The molecule has 0 bridgehead atoms. The van der Waals surface area contributed by atoms with Crippen molar-refractivity contribution in [2.45, 2.75) is 32.2 Å². The van der Waals surface area contributed by atoms with Gasteiger partial charge in [-0.05, 0) is 30.9 Å². The van der Waals surface area contributed by atoms with E-state index in [4.69, 9.17) is 4.42 Å². The second-order valence-electron chi connectivity index (χ2n) is 6.90. The summed E-state index contributed by atoms with van der Waals surface area (Å²) in [5.41, 5.74) is -0.456. The van der Waals surface area contributed by atoms with Crippen LogP contribution >= 0.6 is 0 Å². The van der Waals surface area contributed by atoms with Crippen LogP contribution in [0.3, 0.4) is 0 Å². The number of piperidine rings is 1. The third-order valence-corrected chi connectivity index (χ3v) is 4.89. The van der Waals surface area contributed by atoms with Gasteiger partial charge in [-0.15, -0.1) is 0 Å². The van der Waals surface area contributed by atoms with Crippen molar-refractivity contribution in [3.8, 4) is 0 Å². The van der Waals surface area contributed by atoms with Crippen LogP contribution in [0.5, 0.6) is 0 Å². The lowest BCUT2D eigenvalue weighted by Crippen LogP contribution is -2.68. The Hall–Kier alpha value is -1.82. The van der Waals surface area contributed by atoms with Crippen molar-refractivity contribution in [2.75, 3.05) is 32.7 Å². The predicted molar refractivity (Wildman–Crippen MR) is 86.0 cm³/mol. The molecule has 0 unspecified atom stereocenters. The fourth-order valence-corrected chi connectivity index (χ4v) is 3.71. The number of piperazine rings is 1. The minimum absolute atomic E-state index is 0.0866. The number of hydrogen-bond donors (Lipinski definition) is 1. The zero-order valence-electron chi connectivity index (χ0n) is 13.9. The van der Waals surface area contributed by atoms with Crippen LogP contribution < -0.4 is 5.32 Å². The predicted octanol–water partition coefficient (Wildman–Crippen LogP) is 1.34. The van der Waals surface area contributed by atoms with Crippen molar-refractivity contribution >= 4 is 11.8 Å². The Morgan fingerprint density at radius 2 is 2.09 bits per heavy atom. The second-order valence-corrected chi connectivity index (χ2v) is 6.90. The molecule has 0 aliphatic carbocycles. The summed E-state index contributed by atoms with van der Waals surface area (Å²) in [6.07, 6.45) is 2.87. The van der Waals surface area contributed by atoms with E-state index >= 15 is 0 Å². The molecule has 126 valence electrons. The molecule has 6 heteroatoms. The van der Waals surface area contributed by atoms with Crippen molar-refractivity contribution in [1.82, 2.24) is 15.1 Å². The fraction of sp³-hybridized carbons (Fsp3) is 0.647. The number of amides is 2. The Morgan fingerprint density at radius 3 is 2.70 bits per heavy atom. The highest BCUT2D eigenvalue weighted by Gasteiger charge is 2.48. The Labute approximate surface area is 136 Å². The first-order valence-corrected chi connectivity index (χ1v) is 8.39. The van der Waals surface area contributed by atoms with Gasteiger partial charge in [0.2, 0.25) is 5.91 Å². The number of nitrogens with zero attached hydrogens (tertiary/aromatic N) is 2. The van der Waals surface area contributed by atoms with Gasteiger partial charge in [-0.2, -0.15) is 0 Å². The van der Waals surface area contributed by atoms with Crippen LogP contribution in [-0.2, 0) is 4.79 Å². The van der Waals surface area contributed by atoms with Crippen LogP contribution in [0.25, 0.3) is 0 Å². The standard InChI is InChI=1S/C17H25N3O3/c1-13(2)12-20-10-7-18-16(22)17(20)5-8-19(9-6-17)15(21)14-4-3-11-23-14/h3-4,11,13H,5-10,12H2,1-2H3,(H,18,22). The Morgan fingerprint density at radius 1 is 1.35 bits per heavy atom. The van der Waals surface area contributed by atoms with Crippen molar-refractivity contribution in [3.63, 3.8) is 0 Å². The summed E-state index contributed by atoms with van der Waals surface area (Å²) in [4.78, 5) is 29.1. The number of hydrogen-bond acceptors (Lipinski definition) is 4. The molecule has 2 aliphatic rings. The van der Waals surface area contributed by atoms with E-state index in [2.05, 4.69) is 24.1 Å². The minimum atomic E-state index is -0.456. The van der Waals surface area contributed by atoms with Crippen LogP contribution in [0.15, 0.2) is 22.8 Å². The average Bonchev–Trinajstić information content (AvgIpc) is 3.06. The van der Waals surface area contributed by atoms with Gasteiger partial charge in [0, 0.05) is 32.7 Å². The third-order valence-electron chi connectivity index (χ3n) is 4.89. The Kier molecular flexibility index (Phi) is 4.43. The van der Waals surface area contributed by atoms with Gasteiger partial charge in [-0.1, -0.05) is 13.8 Å². The first-order valence-electron chi connectivity index (χ1n) is 8.39. The molecule has 23 heavy (non-hydrogen) atoms. The summed E-state index contributed by atoms with van der Waals surface area (Å²) in [5.74, 6) is 0.916. The molecule has 1 aromatic rings. The van der Waals surface area contributed by atoms with Crippen LogP contribution in [0.1, 0.15) is 37.2 Å². The number of nitrogens with one attached hydrogen (secondary N) is 1. The summed E-state index contributed by atoms with van der Waals surface area (Å²) in [7, 11) is 0. The molecule has 2 saturated heterocycles. The molecule has 1 aromatic heterocycles. The normalized spacial score (nSPS) is 21.7. The summed E-state index contributed by atoms with van der Waals surface area (Å²) in [6, 6.07) is 3.41. The van der Waals surface area contributed by atoms with Crippen molar-refractivity contribution in [2.24, 2.45) is 5.92 Å². The maximum atomic E-state index is 12.6. The van der Waals surface area contributed by atoms with E-state index in [1.807, 2.05) is 0 Å². The first-order chi connectivity index (χ1) is 11.0. The van der Waals surface area contributed by atoms with Crippen molar-refractivity contribution < 1.29 is 14.0 Å². The van der Waals surface area contributed by atoms with Crippen molar-refractivity contribution in [3.05, 3.63) is 24.2 Å². The van der Waals surface area contributed by atoms with Crippen LogP contribution in [0, 0.1) is 5.92 Å². The molecule has 1 N–H and O–H groups in total. The number of rotatable bonds is 3. The lowest BCUT2D eigenvalue weighted by atomic mass is 9.82. The molecule has 2 amide bonds. The van der Waals surface area contributed by atoms with Gasteiger partial charge >= 0.3 is 0 Å². The van der Waals surface area contributed by atoms with E-state index in [9.17, 15) is 9.59 Å². The number of carbonyl (C=O) groups is 2. The lowest BCUT2D eigenvalue weighted by molar-refractivity contribution is -0.141. The molecular weight excluding hydrogens is 294 g/mol. The van der Waals surface area contributed by atoms with Crippen LogP contribution in [-0.4, -0.2) is 59.9 Å². The van der Waals surface area contributed by atoms with Gasteiger partial charge in [0.05, 0.1) is 6.26 Å². The van der Waals surface area contributed by atoms with Gasteiger partial charge in [0.25, 0.3) is 5.91 Å². The lowest BCUT2D eigenvalue weighted by Gasteiger charge is -2.50. The Balaban J connectivity index is 1.71. The molecule has 6 nitrogen and oxygen atoms in total. The van der Waals surface area contributed by atoms with Gasteiger partial charge < -0.3 is 14.6 Å². The molecule has 0 saturated carbocycles. The summed E-state index contributed by atoms with van der Waals surface area (Å²) < 4.78 is 5.20. The van der Waals surface area contributed by atoms with Gasteiger partial charge in [-0.3, -0.25) is 14.5 Å². The smallest absolute Gasteiger partial charge is 0.289 e.